The minimum absolute atomic E-state index is 0.378. The fraction of sp³-hybridized carbons (Fsp3) is 0.0625. The van der Waals surface area contributed by atoms with Crippen LogP contribution in [0.25, 0.3) is 32.9 Å². The van der Waals surface area contributed by atoms with Crippen LogP contribution in [0.4, 0.5) is 0 Å². The summed E-state index contributed by atoms with van der Waals surface area (Å²) >= 11 is 0. The molecule has 1 aliphatic carbocycles. The number of aromatic amines is 1. The molecule has 0 unspecified atom stereocenters. The van der Waals surface area contributed by atoms with E-state index in [1.165, 1.54) is 55.2 Å². The predicted molar refractivity (Wildman–Crippen MR) is 140 cm³/mol. The van der Waals surface area contributed by atoms with E-state index in [0.29, 0.717) is 5.92 Å². The van der Waals surface area contributed by atoms with Gasteiger partial charge in [-0.25, -0.2) is 0 Å². The van der Waals surface area contributed by atoms with Gasteiger partial charge in [0.1, 0.15) is 0 Å². The highest BCUT2D eigenvalue weighted by Crippen LogP contribution is 2.48. The standard InChI is InChI=1S/C20H16.C12H9N/c1-14-8-2-3-9-15(14)20-18-12-6-4-10-16(18)17-11-5-7-13-19(17)20;1-3-7-11-9(5-1)10-6-2-4-8-12(10)13-11/h2-13,20H,1H3;1-8,13H. The molecule has 0 saturated carbocycles. The number of para-hydroxylation sites is 2. The van der Waals surface area contributed by atoms with E-state index >= 15 is 0 Å². The van der Waals surface area contributed by atoms with Gasteiger partial charge in [0.05, 0.1) is 0 Å². The monoisotopic (exact) mass is 423 g/mol. The van der Waals surface area contributed by atoms with E-state index < -0.39 is 0 Å². The lowest BCUT2D eigenvalue weighted by atomic mass is 9.87. The zero-order valence-electron chi connectivity index (χ0n) is 18.6. The predicted octanol–water partition coefficient (Wildman–Crippen LogP) is 8.48. The second kappa shape index (κ2) is 8.11. The van der Waals surface area contributed by atoms with Crippen LogP contribution < -0.4 is 0 Å². The number of benzene rings is 5. The number of hydrogen-bond acceptors (Lipinski definition) is 0. The average Bonchev–Trinajstić information content (AvgIpc) is 3.41. The highest BCUT2D eigenvalue weighted by molar-refractivity contribution is 6.06. The zero-order chi connectivity index (χ0) is 22.2. The van der Waals surface area contributed by atoms with Crippen LogP contribution in [0, 0.1) is 6.92 Å². The van der Waals surface area contributed by atoms with Gasteiger partial charge in [-0.05, 0) is 52.4 Å². The molecule has 0 saturated heterocycles. The largest absolute Gasteiger partial charge is 0.355 e. The first-order chi connectivity index (χ1) is 16.3. The quantitative estimate of drug-likeness (QED) is 0.272. The van der Waals surface area contributed by atoms with E-state index in [1.54, 1.807) is 0 Å². The molecular weight excluding hydrogens is 398 g/mol. The van der Waals surface area contributed by atoms with Gasteiger partial charge in [-0.3, -0.25) is 0 Å². The van der Waals surface area contributed by atoms with E-state index in [-0.39, 0.29) is 0 Å². The van der Waals surface area contributed by atoms with E-state index in [4.69, 9.17) is 0 Å². The molecule has 33 heavy (non-hydrogen) atoms. The molecule has 0 amide bonds. The minimum Gasteiger partial charge on any atom is -0.355 e. The van der Waals surface area contributed by atoms with Crippen molar-refractivity contribution in [2.45, 2.75) is 12.8 Å². The van der Waals surface area contributed by atoms with Crippen molar-refractivity contribution in [3.63, 3.8) is 0 Å². The third kappa shape index (κ3) is 3.34. The highest BCUT2D eigenvalue weighted by Gasteiger charge is 2.29. The van der Waals surface area contributed by atoms with Gasteiger partial charge in [0.2, 0.25) is 0 Å². The molecule has 1 nitrogen and oxygen atoms in total. The topological polar surface area (TPSA) is 15.8 Å². The van der Waals surface area contributed by atoms with Crippen LogP contribution >= 0.6 is 0 Å². The summed E-state index contributed by atoms with van der Waals surface area (Å²) < 4.78 is 0. The molecule has 158 valence electrons. The molecule has 1 aromatic heterocycles. The van der Waals surface area contributed by atoms with Crippen molar-refractivity contribution in [3.8, 4) is 11.1 Å². The Hall–Kier alpha value is -4.10. The lowest BCUT2D eigenvalue weighted by molar-refractivity contribution is 0.997. The van der Waals surface area contributed by atoms with Crippen LogP contribution in [0.3, 0.4) is 0 Å². The van der Waals surface area contributed by atoms with Gasteiger partial charge in [0, 0.05) is 27.7 Å². The van der Waals surface area contributed by atoms with Crippen LogP contribution in [-0.4, -0.2) is 4.98 Å². The van der Waals surface area contributed by atoms with Gasteiger partial charge < -0.3 is 4.98 Å². The number of aromatic nitrogens is 1. The minimum atomic E-state index is 0.378. The smallest absolute Gasteiger partial charge is 0.0464 e. The average molecular weight is 424 g/mol. The Morgan fingerprint density at radius 1 is 0.455 bits per heavy atom. The summed E-state index contributed by atoms with van der Waals surface area (Å²) in [5, 5.41) is 2.61. The Morgan fingerprint density at radius 2 is 0.879 bits per heavy atom. The second-order valence-corrected chi connectivity index (χ2v) is 8.68. The van der Waals surface area contributed by atoms with Crippen molar-refractivity contribution < 1.29 is 0 Å². The molecule has 1 heterocycles. The number of rotatable bonds is 1. The normalized spacial score (nSPS) is 12.3. The number of H-pyrrole nitrogens is 1. The Morgan fingerprint density at radius 3 is 1.42 bits per heavy atom. The van der Waals surface area contributed by atoms with Gasteiger partial charge in [0.15, 0.2) is 0 Å². The van der Waals surface area contributed by atoms with Crippen molar-refractivity contribution in [3.05, 3.63) is 144 Å². The molecule has 1 N–H and O–H groups in total. The lowest BCUT2D eigenvalue weighted by Crippen LogP contribution is -2.01. The van der Waals surface area contributed by atoms with Crippen LogP contribution in [0.5, 0.6) is 0 Å². The molecule has 1 heteroatoms. The van der Waals surface area contributed by atoms with Crippen molar-refractivity contribution in [2.75, 3.05) is 0 Å². The maximum Gasteiger partial charge on any atom is 0.0464 e. The van der Waals surface area contributed by atoms with Crippen LogP contribution in [0.2, 0.25) is 0 Å². The summed E-state index contributed by atoms with van der Waals surface area (Å²) in [4.78, 5) is 3.38. The summed E-state index contributed by atoms with van der Waals surface area (Å²) in [6, 6.07) is 43.1. The first-order valence-electron chi connectivity index (χ1n) is 11.5. The number of aryl methyl sites for hydroxylation is 1. The van der Waals surface area contributed by atoms with Gasteiger partial charge in [-0.15, -0.1) is 0 Å². The SMILES string of the molecule is Cc1ccccc1C1c2ccccc2-c2ccccc21.c1ccc2c(c1)[nH]c1ccccc12. The van der Waals surface area contributed by atoms with Crippen molar-refractivity contribution >= 4 is 21.8 Å². The van der Waals surface area contributed by atoms with Crippen molar-refractivity contribution in [2.24, 2.45) is 0 Å². The Balaban J connectivity index is 0.000000137. The van der Waals surface area contributed by atoms with Gasteiger partial charge >= 0.3 is 0 Å². The van der Waals surface area contributed by atoms with Crippen LogP contribution in [-0.2, 0) is 0 Å². The lowest BCUT2D eigenvalue weighted by Gasteiger charge is -2.16. The van der Waals surface area contributed by atoms with Gasteiger partial charge in [-0.1, -0.05) is 109 Å². The van der Waals surface area contributed by atoms with Gasteiger partial charge in [0.25, 0.3) is 0 Å². The molecule has 0 radical (unpaired) electrons. The van der Waals surface area contributed by atoms with Crippen LogP contribution in [0.1, 0.15) is 28.2 Å². The Labute approximate surface area is 194 Å². The zero-order valence-corrected chi connectivity index (χ0v) is 18.6. The first-order valence-corrected chi connectivity index (χ1v) is 11.5. The number of fused-ring (bicyclic) bond motifs is 6. The molecule has 0 aliphatic heterocycles. The first kappa shape index (κ1) is 19.6. The summed E-state index contributed by atoms with van der Waals surface area (Å²) in [6.45, 7) is 2.21. The molecule has 0 bridgehead atoms. The van der Waals surface area contributed by atoms with Crippen molar-refractivity contribution in [1.82, 2.24) is 4.98 Å². The molecule has 1 aliphatic rings. The second-order valence-electron chi connectivity index (χ2n) is 8.68. The molecule has 6 aromatic rings. The number of hydrogen-bond donors (Lipinski definition) is 1. The Bertz CT molecular complexity index is 1490. The van der Waals surface area contributed by atoms with E-state index in [1.807, 2.05) is 0 Å². The highest BCUT2D eigenvalue weighted by atomic mass is 14.7. The van der Waals surface area contributed by atoms with E-state index in [0.717, 1.165) is 0 Å². The maximum absolute atomic E-state index is 3.38. The number of nitrogens with one attached hydrogen (secondary N) is 1. The third-order valence-electron chi connectivity index (χ3n) is 6.75. The van der Waals surface area contributed by atoms with E-state index in [2.05, 4.69) is 133 Å². The summed E-state index contributed by atoms with van der Waals surface area (Å²) in [6.07, 6.45) is 0. The molecule has 0 atom stereocenters. The van der Waals surface area contributed by atoms with Crippen molar-refractivity contribution in [1.29, 1.82) is 0 Å². The molecule has 7 rings (SSSR count). The molecule has 0 spiro atoms. The third-order valence-corrected chi connectivity index (χ3v) is 6.75. The molecular formula is C32H25N. The fourth-order valence-electron chi connectivity index (χ4n) is 5.20. The van der Waals surface area contributed by atoms with E-state index in [9.17, 15) is 0 Å². The summed E-state index contributed by atoms with van der Waals surface area (Å²) in [5.41, 5.74) is 10.8. The van der Waals surface area contributed by atoms with Gasteiger partial charge in [-0.2, -0.15) is 0 Å². The molecule has 5 aromatic carbocycles. The maximum atomic E-state index is 3.38. The molecule has 0 fully saturated rings. The van der Waals surface area contributed by atoms with Crippen LogP contribution in [0.15, 0.2) is 121 Å². The summed E-state index contributed by atoms with van der Waals surface area (Å²) in [7, 11) is 0. The Kier molecular flexibility index (Phi) is 4.81. The fourth-order valence-corrected chi connectivity index (χ4v) is 5.20. The summed E-state index contributed by atoms with van der Waals surface area (Å²) in [5.74, 6) is 0.378.